The molecule has 1 N–H and O–H groups in total. The zero-order valence-electron chi connectivity index (χ0n) is 9.23. The third-order valence-corrected chi connectivity index (χ3v) is 3.24. The first kappa shape index (κ1) is 9.46. The normalized spacial score (nSPS) is 19.2. The number of aromatic nitrogens is 1. The van der Waals surface area contributed by atoms with E-state index in [-0.39, 0.29) is 0 Å². The lowest BCUT2D eigenvalue weighted by molar-refractivity contribution is 0.112. The van der Waals surface area contributed by atoms with Crippen molar-refractivity contribution in [3.63, 3.8) is 0 Å². The van der Waals surface area contributed by atoms with Gasteiger partial charge in [0.05, 0.1) is 11.1 Å². The summed E-state index contributed by atoms with van der Waals surface area (Å²) in [4.78, 5) is 11.2. The van der Waals surface area contributed by atoms with Gasteiger partial charge in [-0.25, -0.2) is 0 Å². The van der Waals surface area contributed by atoms with E-state index < -0.39 is 0 Å². The van der Waals surface area contributed by atoms with Gasteiger partial charge >= 0.3 is 0 Å². The van der Waals surface area contributed by atoms with Crippen molar-refractivity contribution in [1.29, 1.82) is 0 Å². The number of fused-ring (bicyclic) bond motifs is 3. The van der Waals surface area contributed by atoms with Crippen molar-refractivity contribution in [2.24, 2.45) is 5.92 Å². The molecule has 0 fully saturated rings. The van der Waals surface area contributed by atoms with Crippen molar-refractivity contribution in [3.05, 3.63) is 29.8 Å². The van der Waals surface area contributed by atoms with Crippen molar-refractivity contribution in [1.82, 2.24) is 4.57 Å². The highest BCUT2D eigenvalue weighted by atomic mass is 16.1. The number of rotatable bonds is 1. The van der Waals surface area contributed by atoms with E-state index in [1.807, 2.05) is 18.2 Å². The molecule has 0 radical (unpaired) electrons. The Bertz CT molecular complexity index is 556. The van der Waals surface area contributed by atoms with E-state index in [9.17, 15) is 4.79 Å². The zero-order chi connectivity index (χ0) is 11.1. The first-order valence-corrected chi connectivity index (χ1v) is 5.61. The Morgan fingerprint density at radius 3 is 3.06 bits per heavy atom. The molecule has 1 aromatic heterocycles. The maximum absolute atomic E-state index is 11.2. The molecule has 2 aromatic rings. The first-order valence-electron chi connectivity index (χ1n) is 5.61. The average Bonchev–Trinajstić information content (AvgIpc) is 2.62. The Morgan fingerprint density at radius 2 is 2.25 bits per heavy atom. The van der Waals surface area contributed by atoms with Crippen molar-refractivity contribution in [2.45, 2.75) is 13.5 Å². The predicted octanol–water partition coefficient (Wildman–Crippen LogP) is 2.52. The molecule has 3 rings (SSSR count). The average molecular weight is 214 g/mol. The molecule has 1 atom stereocenters. The second-order valence-electron chi connectivity index (χ2n) is 4.49. The van der Waals surface area contributed by atoms with Gasteiger partial charge in [-0.3, -0.25) is 4.79 Å². The van der Waals surface area contributed by atoms with Gasteiger partial charge < -0.3 is 9.88 Å². The minimum absolute atomic E-state index is 0.600. The number of para-hydroxylation sites is 1. The number of carbonyl (C=O) groups excluding carboxylic acids is 1. The molecule has 16 heavy (non-hydrogen) atoms. The van der Waals surface area contributed by atoms with Gasteiger partial charge in [-0.1, -0.05) is 25.1 Å². The molecule has 0 unspecified atom stereocenters. The summed E-state index contributed by atoms with van der Waals surface area (Å²) in [5.41, 5.74) is 1.95. The van der Waals surface area contributed by atoms with Crippen LogP contribution in [0.4, 0.5) is 5.82 Å². The standard InChI is InChI=1S/C13H14N2O/c1-9-6-14-13-11(8-16)10-4-2-3-5-12(10)15(13)7-9/h2-5,8-9,14H,6-7H2,1H3/t9-/m0/s1. The van der Waals surface area contributed by atoms with Gasteiger partial charge in [0, 0.05) is 18.5 Å². The maximum Gasteiger partial charge on any atom is 0.154 e. The lowest BCUT2D eigenvalue weighted by Gasteiger charge is -2.24. The second kappa shape index (κ2) is 3.37. The van der Waals surface area contributed by atoms with E-state index in [0.717, 1.165) is 41.7 Å². The largest absolute Gasteiger partial charge is 0.371 e. The van der Waals surface area contributed by atoms with Crippen LogP contribution < -0.4 is 5.32 Å². The molecule has 1 aliphatic heterocycles. The molecule has 1 aliphatic rings. The van der Waals surface area contributed by atoms with Gasteiger partial charge in [0.15, 0.2) is 6.29 Å². The van der Waals surface area contributed by atoms with E-state index >= 15 is 0 Å². The van der Waals surface area contributed by atoms with Crippen molar-refractivity contribution < 1.29 is 4.79 Å². The fraction of sp³-hybridized carbons (Fsp3) is 0.308. The van der Waals surface area contributed by atoms with Gasteiger partial charge in [-0.05, 0) is 12.0 Å². The Kier molecular flexibility index (Phi) is 1.99. The van der Waals surface area contributed by atoms with Crippen LogP contribution in [-0.4, -0.2) is 17.4 Å². The van der Waals surface area contributed by atoms with Gasteiger partial charge in [-0.2, -0.15) is 0 Å². The molecule has 3 nitrogen and oxygen atoms in total. The van der Waals surface area contributed by atoms with Crippen LogP contribution in [-0.2, 0) is 6.54 Å². The number of hydrogen-bond acceptors (Lipinski definition) is 2. The smallest absolute Gasteiger partial charge is 0.154 e. The van der Waals surface area contributed by atoms with Gasteiger partial charge in [0.1, 0.15) is 5.82 Å². The van der Waals surface area contributed by atoms with Crippen LogP contribution in [0.25, 0.3) is 10.9 Å². The summed E-state index contributed by atoms with van der Waals surface area (Å²) >= 11 is 0. The van der Waals surface area contributed by atoms with Gasteiger partial charge in [-0.15, -0.1) is 0 Å². The lowest BCUT2D eigenvalue weighted by atomic mass is 10.1. The van der Waals surface area contributed by atoms with Crippen LogP contribution in [0, 0.1) is 5.92 Å². The molecular formula is C13H14N2O. The van der Waals surface area contributed by atoms with Gasteiger partial charge in [0.25, 0.3) is 0 Å². The molecule has 2 heterocycles. The quantitative estimate of drug-likeness (QED) is 0.740. The maximum atomic E-state index is 11.2. The van der Waals surface area contributed by atoms with E-state index in [2.05, 4.69) is 22.9 Å². The second-order valence-corrected chi connectivity index (χ2v) is 4.49. The number of nitrogens with zero attached hydrogens (tertiary/aromatic N) is 1. The summed E-state index contributed by atoms with van der Waals surface area (Å²) in [5, 5.41) is 4.40. The van der Waals surface area contributed by atoms with Crippen molar-refractivity contribution in [3.8, 4) is 0 Å². The highest BCUT2D eigenvalue weighted by Crippen LogP contribution is 2.32. The van der Waals surface area contributed by atoms with Crippen LogP contribution in [0.15, 0.2) is 24.3 Å². The molecule has 82 valence electrons. The fourth-order valence-electron chi connectivity index (χ4n) is 2.48. The molecule has 0 aliphatic carbocycles. The van der Waals surface area contributed by atoms with E-state index in [4.69, 9.17) is 0 Å². The van der Waals surface area contributed by atoms with Crippen LogP contribution in [0.2, 0.25) is 0 Å². The number of anilines is 1. The van der Waals surface area contributed by atoms with Crippen LogP contribution in [0.3, 0.4) is 0 Å². The number of nitrogens with one attached hydrogen (secondary N) is 1. The summed E-state index contributed by atoms with van der Waals surface area (Å²) in [5.74, 6) is 1.58. The molecule has 0 amide bonds. The molecule has 0 bridgehead atoms. The molecule has 1 aromatic carbocycles. The monoisotopic (exact) mass is 214 g/mol. The molecule has 3 heteroatoms. The Balaban J connectivity index is 2.35. The molecule has 0 saturated carbocycles. The molecule has 0 spiro atoms. The van der Waals surface area contributed by atoms with E-state index in [1.165, 1.54) is 0 Å². The van der Waals surface area contributed by atoms with Gasteiger partial charge in [0.2, 0.25) is 0 Å². The van der Waals surface area contributed by atoms with Crippen LogP contribution in [0.5, 0.6) is 0 Å². The molecule has 0 saturated heterocycles. The SMILES string of the molecule is C[C@H]1CNc2c(C=O)c3ccccc3n2C1. The Labute approximate surface area is 94.1 Å². The fourth-order valence-corrected chi connectivity index (χ4v) is 2.48. The van der Waals surface area contributed by atoms with Crippen LogP contribution in [0.1, 0.15) is 17.3 Å². The third-order valence-electron chi connectivity index (χ3n) is 3.24. The predicted molar refractivity (Wildman–Crippen MR) is 65.0 cm³/mol. The number of aldehydes is 1. The molecular weight excluding hydrogens is 200 g/mol. The van der Waals surface area contributed by atoms with E-state index in [0.29, 0.717) is 5.92 Å². The summed E-state index contributed by atoms with van der Waals surface area (Å²) in [6, 6.07) is 8.08. The highest BCUT2D eigenvalue weighted by Gasteiger charge is 2.21. The highest BCUT2D eigenvalue weighted by molar-refractivity contribution is 6.03. The number of hydrogen-bond donors (Lipinski definition) is 1. The number of benzene rings is 1. The van der Waals surface area contributed by atoms with E-state index in [1.54, 1.807) is 0 Å². The van der Waals surface area contributed by atoms with Crippen LogP contribution >= 0.6 is 0 Å². The topological polar surface area (TPSA) is 34.0 Å². The summed E-state index contributed by atoms with van der Waals surface area (Å²) in [6.07, 6.45) is 0.956. The van der Waals surface area contributed by atoms with Crippen molar-refractivity contribution >= 4 is 23.0 Å². The summed E-state index contributed by atoms with van der Waals surface area (Å²) < 4.78 is 2.22. The number of carbonyl (C=O) groups is 1. The van der Waals surface area contributed by atoms with Crippen molar-refractivity contribution in [2.75, 3.05) is 11.9 Å². The Morgan fingerprint density at radius 1 is 1.44 bits per heavy atom. The zero-order valence-corrected chi connectivity index (χ0v) is 9.23. The summed E-state index contributed by atoms with van der Waals surface area (Å²) in [7, 11) is 0. The summed E-state index contributed by atoms with van der Waals surface area (Å²) in [6.45, 7) is 4.14. The third kappa shape index (κ3) is 1.18. The minimum atomic E-state index is 0.600. The Hall–Kier alpha value is -1.77. The lowest BCUT2D eigenvalue weighted by Crippen LogP contribution is -2.25. The minimum Gasteiger partial charge on any atom is -0.371 e. The first-order chi connectivity index (χ1) is 7.81.